The predicted octanol–water partition coefficient (Wildman–Crippen LogP) is 3.23. The second kappa shape index (κ2) is 6.85. The van der Waals surface area contributed by atoms with Gasteiger partial charge < -0.3 is 15.4 Å². The van der Waals surface area contributed by atoms with Gasteiger partial charge in [-0.25, -0.2) is 13.8 Å². The van der Waals surface area contributed by atoms with Gasteiger partial charge >= 0.3 is 0 Å². The molecule has 1 saturated carbocycles. The molecule has 146 valence electrons. The van der Waals surface area contributed by atoms with Gasteiger partial charge in [0.25, 0.3) is 11.8 Å². The molecule has 2 amide bonds. The minimum Gasteiger partial charge on any atom is -0.437 e. The highest BCUT2D eigenvalue weighted by Crippen LogP contribution is 2.53. The number of nitrogens with zero attached hydrogens (tertiary/aromatic N) is 2. The first-order chi connectivity index (χ1) is 13.4. The summed E-state index contributed by atoms with van der Waals surface area (Å²) in [6.07, 6.45) is 0.476. The molecule has 1 aliphatic carbocycles. The Morgan fingerprint density at radius 3 is 2.54 bits per heavy atom. The van der Waals surface area contributed by atoms with Crippen LogP contribution in [0.2, 0.25) is 0 Å². The number of halogens is 2. The molecular formula is C20H19F2N3O3. The van der Waals surface area contributed by atoms with Gasteiger partial charge in [0.15, 0.2) is 0 Å². The summed E-state index contributed by atoms with van der Waals surface area (Å²) in [6, 6.07) is 9.59. The number of nitrogens with two attached hydrogens (primary N) is 1. The molecule has 0 bridgehead atoms. The van der Waals surface area contributed by atoms with Gasteiger partial charge in [-0.2, -0.15) is 0 Å². The number of amides is 2. The molecular weight excluding hydrogens is 368 g/mol. The van der Waals surface area contributed by atoms with Crippen molar-refractivity contribution in [1.29, 1.82) is 0 Å². The molecule has 2 fully saturated rings. The summed E-state index contributed by atoms with van der Waals surface area (Å²) in [5.74, 6) is -1.37. The molecule has 2 N–H and O–H groups in total. The van der Waals surface area contributed by atoms with Crippen LogP contribution in [0.4, 0.5) is 8.78 Å². The molecule has 4 rings (SSSR count). The van der Waals surface area contributed by atoms with Crippen LogP contribution >= 0.6 is 0 Å². The number of carbonyl (C=O) groups is 2. The van der Waals surface area contributed by atoms with Crippen LogP contribution in [-0.4, -0.2) is 40.2 Å². The van der Waals surface area contributed by atoms with E-state index in [1.165, 1.54) is 12.3 Å². The van der Waals surface area contributed by atoms with Crippen LogP contribution in [0.5, 0.6) is 11.6 Å². The number of ether oxygens (including phenoxy) is 1. The van der Waals surface area contributed by atoms with Crippen molar-refractivity contribution in [3.63, 3.8) is 0 Å². The highest BCUT2D eigenvalue weighted by atomic mass is 19.3. The number of pyridine rings is 1. The van der Waals surface area contributed by atoms with Gasteiger partial charge in [-0.05, 0) is 43.5 Å². The highest BCUT2D eigenvalue weighted by molar-refractivity contribution is 5.98. The monoisotopic (exact) mass is 387 g/mol. The van der Waals surface area contributed by atoms with Crippen molar-refractivity contribution < 1.29 is 23.1 Å². The smallest absolute Gasteiger partial charge is 0.259 e. The maximum atomic E-state index is 13.1. The lowest BCUT2D eigenvalue weighted by Gasteiger charge is -2.61. The van der Waals surface area contributed by atoms with Crippen molar-refractivity contribution in [3.8, 4) is 11.6 Å². The quantitative estimate of drug-likeness (QED) is 0.854. The molecule has 2 aromatic rings. The van der Waals surface area contributed by atoms with Gasteiger partial charge in [0.05, 0.1) is 5.56 Å². The Bertz CT molecular complexity index is 928. The van der Waals surface area contributed by atoms with E-state index in [1.54, 1.807) is 35.2 Å². The Morgan fingerprint density at radius 2 is 1.89 bits per heavy atom. The molecule has 1 spiro atoms. The Labute approximate surface area is 160 Å². The molecule has 6 nitrogen and oxygen atoms in total. The summed E-state index contributed by atoms with van der Waals surface area (Å²) < 4.78 is 31.5. The first kappa shape index (κ1) is 18.3. The van der Waals surface area contributed by atoms with E-state index in [4.69, 9.17) is 10.5 Å². The molecule has 8 heteroatoms. The minimum atomic E-state index is -2.36. The molecule has 28 heavy (non-hydrogen) atoms. The molecule has 2 aliphatic rings. The lowest BCUT2D eigenvalue weighted by molar-refractivity contribution is -0.120. The Kier molecular flexibility index (Phi) is 4.49. The van der Waals surface area contributed by atoms with Crippen molar-refractivity contribution in [1.82, 2.24) is 9.88 Å². The van der Waals surface area contributed by atoms with Crippen molar-refractivity contribution in [2.24, 2.45) is 11.7 Å². The van der Waals surface area contributed by atoms with Crippen molar-refractivity contribution >= 4 is 11.8 Å². The standard InChI is InChI=1S/C20H19F2N3O3/c21-16(22)12-10-20(11-12)7-9-25(20)19(27)14-5-3-8-24-18(14)28-15-6-2-1-4-13(15)17(23)26/h1-6,8,12,16H,7,9-11H2,(H2,23,26). The zero-order valence-electron chi connectivity index (χ0n) is 15.0. The topological polar surface area (TPSA) is 85.5 Å². The van der Waals surface area contributed by atoms with E-state index in [0.717, 1.165) is 6.42 Å². The summed E-state index contributed by atoms with van der Waals surface area (Å²) >= 11 is 0. The van der Waals surface area contributed by atoms with E-state index in [-0.39, 0.29) is 28.7 Å². The number of hydrogen-bond acceptors (Lipinski definition) is 4. The van der Waals surface area contributed by atoms with E-state index in [2.05, 4.69) is 4.98 Å². The van der Waals surface area contributed by atoms with Crippen LogP contribution in [0.3, 0.4) is 0 Å². The van der Waals surface area contributed by atoms with Crippen LogP contribution in [0, 0.1) is 5.92 Å². The van der Waals surface area contributed by atoms with Crippen molar-refractivity contribution in [3.05, 3.63) is 53.7 Å². The number of primary amides is 1. The summed E-state index contributed by atoms with van der Waals surface area (Å²) in [6.45, 7) is 0.515. The highest BCUT2D eigenvalue weighted by Gasteiger charge is 2.58. The van der Waals surface area contributed by atoms with Crippen LogP contribution in [-0.2, 0) is 0 Å². The number of benzene rings is 1. The number of likely N-dealkylation sites (tertiary alicyclic amines) is 1. The molecule has 2 heterocycles. The molecule has 0 atom stereocenters. The van der Waals surface area contributed by atoms with Gasteiger partial charge in [0.2, 0.25) is 12.3 Å². The van der Waals surface area contributed by atoms with E-state index in [9.17, 15) is 18.4 Å². The fourth-order valence-electron chi connectivity index (χ4n) is 4.02. The fraction of sp³-hybridized carbons (Fsp3) is 0.350. The number of para-hydroxylation sites is 1. The van der Waals surface area contributed by atoms with E-state index >= 15 is 0 Å². The van der Waals surface area contributed by atoms with Gasteiger partial charge in [-0.3, -0.25) is 9.59 Å². The van der Waals surface area contributed by atoms with E-state index in [0.29, 0.717) is 19.4 Å². The Morgan fingerprint density at radius 1 is 1.18 bits per heavy atom. The molecule has 1 aromatic heterocycles. The molecule has 0 radical (unpaired) electrons. The summed E-state index contributed by atoms with van der Waals surface area (Å²) in [5.41, 5.74) is 5.29. The molecule has 1 aliphatic heterocycles. The average Bonchev–Trinajstić information content (AvgIpc) is 2.60. The summed E-state index contributed by atoms with van der Waals surface area (Å²) in [5, 5.41) is 0. The lowest BCUT2D eigenvalue weighted by Crippen LogP contribution is -2.68. The maximum Gasteiger partial charge on any atom is 0.259 e. The zero-order valence-corrected chi connectivity index (χ0v) is 15.0. The second-order valence-corrected chi connectivity index (χ2v) is 7.25. The molecule has 0 unspecified atom stereocenters. The molecule has 1 saturated heterocycles. The zero-order chi connectivity index (χ0) is 19.9. The van der Waals surface area contributed by atoms with Gasteiger partial charge in [-0.1, -0.05) is 12.1 Å². The fourth-order valence-corrected chi connectivity index (χ4v) is 4.02. The number of carbonyl (C=O) groups excluding carboxylic acids is 2. The third-order valence-corrected chi connectivity index (χ3v) is 5.62. The Balaban J connectivity index is 1.58. The lowest BCUT2D eigenvalue weighted by atomic mass is 9.61. The van der Waals surface area contributed by atoms with E-state index in [1.807, 2.05) is 0 Å². The summed E-state index contributed by atoms with van der Waals surface area (Å²) in [7, 11) is 0. The Hall–Kier alpha value is -3.03. The third-order valence-electron chi connectivity index (χ3n) is 5.62. The van der Waals surface area contributed by atoms with Crippen molar-refractivity contribution in [2.75, 3.05) is 6.54 Å². The maximum absolute atomic E-state index is 13.1. The van der Waals surface area contributed by atoms with Gasteiger partial charge in [0.1, 0.15) is 11.3 Å². The van der Waals surface area contributed by atoms with Crippen LogP contribution in [0.15, 0.2) is 42.6 Å². The van der Waals surface area contributed by atoms with Crippen molar-refractivity contribution in [2.45, 2.75) is 31.2 Å². The number of rotatable bonds is 5. The normalized spacial score (nSPS) is 23.2. The average molecular weight is 387 g/mol. The first-order valence-electron chi connectivity index (χ1n) is 9.03. The predicted molar refractivity (Wildman–Crippen MR) is 96.4 cm³/mol. The molecule has 1 aromatic carbocycles. The SMILES string of the molecule is NC(=O)c1ccccc1Oc1ncccc1C(=O)N1CCC12CC(C(F)F)C2. The minimum absolute atomic E-state index is 0.0491. The van der Waals surface area contributed by atoms with Gasteiger partial charge in [0, 0.05) is 24.2 Å². The van der Waals surface area contributed by atoms with Crippen LogP contribution in [0.25, 0.3) is 0 Å². The third kappa shape index (κ3) is 2.98. The van der Waals surface area contributed by atoms with Gasteiger partial charge in [-0.15, -0.1) is 0 Å². The van der Waals surface area contributed by atoms with Crippen LogP contribution in [0.1, 0.15) is 40.0 Å². The number of aromatic nitrogens is 1. The number of alkyl halides is 2. The largest absolute Gasteiger partial charge is 0.437 e. The van der Waals surface area contributed by atoms with Crippen LogP contribution < -0.4 is 10.5 Å². The number of hydrogen-bond donors (Lipinski definition) is 1. The summed E-state index contributed by atoms with van der Waals surface area (Å²) in [4.78, 5) is 30.4. The van der Waals surface area contributed by atoms with E-state index < -0.39 is 23.8 Å². The second-order valence-electron chi connectivity index (χ2n) is 7.25. The first-order valence-corrected chi connectivity index (χ1v) is 9.03.